The van der Waals surface area contributed by atoms with Crippen molar-refractivity contribution in [2.75, 3.05) is 11.9 Å². The lowest BCUT2D eigenvalue weighted by Crippen LogP contribution is -2.47. The summed E-state index contributed by atoms with van der Waals surface area (Å²) in [5.41, 5.74) is 5.97. The van der Waals surface area contributed by atoms with E-state index < -0.39 is 29.0 Å². The maximum absolute atomic E-state index is 12.4. The van der Waals surface area contributed by atoms with E-state index in [1.807, 2.05) is 6.07 Å². The largest absolute Gasteiger partial charge is 0.492 e. The van der Waals surface area contributed by atoms with Gasteiger partial charge in [0.05, 0.1) is 30.0 Å². The Hall–Kier alpha value is -2.70. The summed E-state index contributed by atoms with van der Waals surface area (Å²) in [6.45, 7) is 3.79. The highest BCUT2D eigenvalue weighted by Crippen LogP contribution is 2.26. The average Bonchev–Trinajstić information content (AvgIpc) is 2.91. The van der Waals surface area contributed by atoms with E-state index in [2.05, 4.69) is 16.2 Å². The zero-order valence-corrected chi connectivity index (χ0v) is 12.7. The number of nitro groups is 1. The maximum Gasteiger partial charge on any atom is 0.254 e. The standard InChI is InChI=1S/C14H17N5O4/c1-3-23-11-5-4-9(7-15)6-10(11)16-14(20)12-13(19(21)22)8(2)17-18-12/h4-6,8,12-13,17-18H,3H2,1-2H3,(H,16,20). The van der Waals surface area contributed by atoms with E-state index in [0.717, 1.165) is 0 Å². The van der Waals surface area contributed by atoms with Crippen molar-refractivity contribution in [1.82, 2.24) is 10.9 Å². The third-order valence-electron chi connectivity index (χ3n) is 3.51. The molecule has 1 saturated heterocycles. The fraction of sp³-hybridized carbons (Fsp3) is 0.429. The van der Waals surface area contributed by atoms with Crippen molar-refractivity contribution < 1.29 is 14.5 Å². The predicted octanol–water partition coefficient (Wildman–Crippen LogP) is 0.406. The fourth-order valence-corrected chi connectivity index (χ4v) is 2.39. The number of hydrogen-bond acceptors (Lipinski definition) is 7. The molecule has 23 heavy (non-hydrogen) atoms. The second-order valence-electron chi connectivity index (χ2n) is 5.08. The van der Waals surface area contributed by atoms with Gasteiger partial charge in [0.25, 0.3) is 6.04 Å². The molecule has 1 heterocycles. The van der Waals surface area contributed by atoms with Gasteiger partial charge in [0, 0.05) is 4.92 Å². The van der Waals surface area contributed by atoms with Crippen LogP contribution in [0.4, 0.5) is 5.69 Å². The Bertz CT molecular complexity index is 657. The molecule has 3 unspecified atom stereocenters. The van der Waals surface area contributed by atoms with Crippen molar-refractivity contribution in [3.05, 3.63) is 33.9 Å². The minimum absolute atomic E-state index is 0.305. The van der Waals surface area contributed by atoms with Gasteiger partial charge < -0.3 is 10.1 Å². The number of benzene rings is 1. The summed E-state index contributed by atoms with van der Waals surface area (Å²) in [6, 6.07) is 3.97. The predicted molar refractivity (Wildman–Crippen MR) is 81.3 cm³/mol. The Kier molecular flexibility index (Phi) is 5.10. The van der Waals surface area contributed by atoms with E-state index in [1.54, 1.807) is 26.0 Å². The van der Waals surface area contributed by atoms with Gasteiger partial charge in [0.1, 0.15) is 5.75 Å². The number of anilines is 1. The number of nitriles is 1. The Morgan fingerprint density at radius 1 is 1.52 bits per heavy atom. The quantitative estimate of drug-likeness (QED) is 0.529. The molecule has 0 aromatic heterocycles. The van der Waals surface area contributed by atoms with Crippen LogP contribution in [0.25, 0.3) is 0 Å². The number of nitrogens with one attached hydrogen (secondary N) is 3. The third-order valence-corrected chi connectivity index (χ3v) is 3.51. The molecule has 1 fully saturated rings. The van der Waals surface area contributed by atoms with Gasteiger partial charge in [-0.3, -0.25) is 14.9 Å². The van der Waals surface area contributed by atoms with Crippen LogP contribution in [0.2, 0.25) is 0 Å². The van der Waals surface area contributed by atoms with Crippen LogP contribution in [0, 0.1) is 21.4 Å². The van der Waals surface area contributed by atoms with E-state index in [1.165, 1.54) is 6.07 Å². The first-order valence-corrected chi connectivity index (χ1v) is 7.10. The Labute approximate surface area is 132 Å². The van der Waals surface area contributed by atoms with E-state index in [-0.39, 0.29) is 0 Å². The first kappa shape index (κ1) is 16.7. The van der Waals surface area contributed by atoms with E-state index in [4.69, 9.17) is 10.00 Å². The Balaban J connectivity index is 2.22. The summed E-state index contributed by atoms with van der Waals surface area (Å²) in [6.07, 6.45) is 0. The van der Waals surface area contributed by atoms with Crippen LogP contribution in [-0.2, 0) is 4.79 Å². The minimum Gasteiger partial charge on any atom is -0.492 e. The molecule has 1 aliphatic heterocycles. The zero-order chi connectivity index (χ0) is 17.0. The summed E-state index contributed by atoms with van der Waals surface area (Å²) in [7, 11) is 0. The molecule has 9 heteroatoms. The second-order valence-corrected chi connectivity index (χ2v) is 5.08. The van der Waals surface area contributed by atoms with Gasteiger partial charge in [-0.15, -0.1) is 0 Å². The van der Waals surface area contributed by atoms with Crippen molar-refractivity contribution in [3.8, 4) is 11.8 Å². The smallest absolute Gasteiger partial charge is 0.254 e. The molecule has 3 N–H and O–H groups in total. The highest BCUT2D eigenvalue weighted by atomic mass is 16.6. The van der Waals surface area contributed by atoms with Crippen LogP contribution >= 0.6 is 0 Å². The van der Waals surface area contributed by atoms with Crippen LogP contribution in [0.3, 0.4) is 0 Å². The van der Waals surface area contributed by atoms with Crippen LogP contribution in [0.5, 0.6) is 5.75 Å². The van der Waals surface area contributed by atoms with E-state index in [0.29, 0.717) is 23.6 Å². The molecule has 1 aromatic carbocycles. The molecule has 3 atom stereocenters. The summed E-state index contributed by atoms with van der Waals surface area (Å²) in [5, 5.41) is 22.7. The number of nitrogens with zero attached hydrogens (tertiary/aromatic N) is 2. The van der Waals surface area contributed by atoms with Crippen LogP contribution in [-0.4, -0.2) is 35.6 Å². The number of rotatable bonds is 5. The number of amides is 1. The average molecular weight is 319 g/mol. The Morgan fingerprint density at radius 2 is 2.26 bits per heavy atom. The SMILES string of the molecule is CCOc1ccc(C#N)cc1NC(=O)C1NNC(C)C1[N+](=O)[O-]. The highest BCUT2D eigenvalue weighted by Gasteiger charge is 2.46. The summed E-state index contributed by atoms with van der Waals surface area (Å²) < 4.78 is 5.40. The first-order chi connectivity index (χ1) is 11.0. The summed E-state index contributed by atoms with van der Waals surface area (Å²) in [4.78, 5) is 23.0. The van der Waals surface area contributed by atoms with Crippen LogP contribution < -0.4 is 20.9 Å². The number of hydrazine groups is 1. The van der Waals surface area contributed by atoms with Gasteiger partial charge in [-0.1, -0.05) is 0 Å². The molecule has 0 radical (unpaired) electrons. The lowest BCUT2D eigenvalue weighted by molar-refractivity contribution is -0.522. The number of hydrogen-bond donors (Lipinski definition) is 3. The minimum atomic E-state index is -1.09. The molecule has 0 aliphatic carbocycles. The maximum atomic E-state index is 12.4. The van der Waals surface area contributed by atoms with Gasteiger partial charge in [-0.2, -0.15) is 5.26 Å². The monoisotopic (exact) mass is 319 g/mol. The summed E-state index contributed by atoms with van der Waals surface area (Å²) in [5.74, 6) is -0.170. The van der Waals surface area contributed by atoms with Gasteiger partial charge in [0.2, 0.25) is 5.91 Å². The number of carbonyl (C=O) groups excluding carboxylic acids is 1. The number of ether oxygens (including phenoxy) is 1. The molecule has 0 spiro atoms. The molecule has 122 valence electrons. The molecule has 9 nitrogen and oxygen atoms in total. The van der Waals surface area contributed by atoms with Gasteiger partial charge in [0.15, 0.2) is 6.04 Å². The lowest BCUT2D eigenvalue weighted by Gasteiger charge is -2.16. The van der Waals surface area contributed by atoms with Crippen molar-refractivity contribution in [2.24, 2.45) is 0 Å². The van der Waals surface area contributed by atoms with Crippen molar-refractivity contribution >= 4 is 11.6 Å². The number of carbonyl (C=O) groups is 1. The van der Waals surface area contributed by atoms with Gasteiger partial charge in [-0.05, 0) is 32.0 Å². The van der Waals surface area contributed by atoms with Gasteiger partial charge in [-0.25, -0.2) is 10.9 Å². The Morgan fingerprint density at radius 3 is 2.87 bits per heavy atom. The van der Waals surface area contributed by atoms with Crippen molar-refractivity contribution in [2.45, 2.75) is 32.0 Å². The fourth-order valence-electron chi connectivity index (χ4n) is 2.39. The van der Waals surface area contributed by atoms with Gasteiger partial charge >= 0.3 is 0 Å². The molecule has 1 aliphatic rings. The van der Waals surface area contributed by atoms with E-state index >= 15 is 0 Å². The molecule has 0 saturated carbocycles. The van der Waals surface area contributed by atoms with Crippen LogP contribution in [0.1, 0.15) is 19.4 Å². The molecular weight excluding hydrogens is 302 g/mol. The molecule has 1 aromatic rings. The van der Waals surface area contributed by atoms with E-state index in [9.17, 15) is 14.9 Å². The highest BCUT2D eigenvalue weighted by molar-refractivity contribution is 5.97. The molecular formula is C14H17N5O4. The lowest BCUT2D eigenvalue weighted by atomic mass is 10.0. The normalized spacial score (nSPS) is 23.1. The molecule has 0 bridgehead atoms. The zero-order valence-electron chi connectivity index (χ0n) is 12.7. The van der Waals surface area contributed by atoms with Crippen molar-refractivity contribution in [1.29, 1.82) is 5.26 Å². The second kappa shape index (κ2) is 7.04. The molecule has 1 amide bonds. The van der Waals surface area contributed by atoms with Crippen molar-refractivity contribution in [3.63, 3.8) is 0 Å². The summed E-state index contributed by atoms with van der Waals surface area (Å²) >= 11 is 0. The molecule has 2 rings (SSSR count). The topological polar surface area (TPSA) is 129 Å². The third kappa shape index (κ3) is 3.56. The van der Waals surface area contributed by atoms with Crippen LogP contribution in [0.15, 0.2) is 18.2 Å². The first-order valence-electron chi connectivity index (χ1n) is 7.10.